The minimum Gasteiger partial charge on any atom is -0.465 e. The van der Waals surface area contributed by atoms with E-state index < -0.39 is 0 Å². The smallest absolute Gasteiger partial charge is 0.305 e. The Balaban J connectivity index is 3.84. The second kappa shape index (κ2) is 28.1. The first kappa shape index (κ1) is 44.0. The van der Waals surface area contributed by atoms with Gasteiger partial charge in [-0.3, -0.25) is 19.2 Å². The van der Waals surface area contributed by atoms with Crippen molar-refractivity contribution >= 4 is 23.7 Å². The first-order valence-corrected chi connectivity index (χ1v) is 18.3. The Kier molecular flexibility index (Phi) is 26.9. The van der Waals surface area contributed by atoms with Crippen molar-refractivity contribution in [2.45, 2.75) is 151 Å². The number of methoxy groups -OCH3 is 1. The highest BCUT2D eigenvalue weighted by molar-refractivity contribution is 5.78. The molecule has 0 saturated heterocycles. The van der Waals surface area contributed by atoms with Crippen molar-refractivity contribution in [2.75, 3.05) is 33.5 Å². The molecule has 0 bridgehead atoms. The summed E-state index contributed by atoms with van der Waals surface area (Å²) in [5, 5.41) is 0. The number of ether oxygens (including phenoxy) is 4. The van der Waals surface area contributed by atoms with Gasteiger partial charge in [-0.05, 0) is 80.5 Å². The zero-order valence-corrected chi connectivity index (χ0v) is 30.9. The number of hydrogen-bond acceptors (Lipinski definition) is 8. The molecule has 0 radical (unpaired) electrons. The lowest BCUT2D eigenvalue weighted by Gasteiger charge is -2.18. The molecule has 8 nitrogen and oxygen atoms in total. The number of hydrogen-bond donors (Lipinski definition) is 0. The van der Waals surface area contributed by atoms with Crippen LogP contribution in [0.2, 0.25) is 0 Å². The van der Waals surface area contributed by atoms with Crippen molar-refractivity contribution in [3.63, 3.8) is 0 Å². The van der Waals surface area contributed by atoms with Crippen molar-refractivity contribution in [2.24, 2.45) is 35.5 Å². The number of Topliss-reactive ketones (excluding diaryl/α,β-unsaturated/α-hetero) is 1. The molecule has 0 amide bonds. The van der Waals surface area contributed by atoms with Gasteiger partial charge in [-0.25, -0.2) is 0 Å². The van der Waals surface area contributed by atoms with Crippen molar-refractivity contribution < 1.29 is 38.1 Å². The van der Waals surface area contributed by atoms with Crippen LogP contribution in [0.25, 0.3) is 0 Å². The van der Waals surface area contributed by atoms with Crippen molar-refractivity contribution in [3.05, 3.63) is 0 Å². The summed E-state index contributed by atoms with van der Waals surface area (Å²) in [4.78, 5) is 47.5. The summed E-state index contributed by atoms with van der Waals surface area (Å²) in [6, 6.07) is 0. The van der Waals surface area contributed by atoms with Crippen LogP contribution >= 0.6 is 0 Å². The lowest BCUT2D eigenvalue weighted by molar-refractivity contribution is -0.147. The lowest BCUT2D eigenvalue weighted by Crippen LogP contribution is -2.14. The fourth-order valence-electron chi connectivity index (χ4n) is 5.25. The van der Waals surface area contributed by atoms with Crippen molar-refractivity contribution in [3.8, 4) is 0 Å². The van der Waals surface area contributed by atoms with Gasteiger partial charge in [-0.1, -0.05) is 74.1 Å². The van der Waals surface area contributed by atoms with Crippen LogP contribution in [0.3, 0.4) is 0 Å². The number of rotatable bonds is 30. The molecule has 0 N–H and O–H groups in total. The van der Waals surface area contributed by atoms with Gasteiger partial charge in [0.2, 0.25) is 0 Å². The molecule has 0 aliphatic heterocycles. The standard InChI is InChI=1S/C38H70O8/c1-9-35(39)13-12-16-38(42)46-28-34(7)24-20-30(3)19-23-33(6)27-45-37(41)15-11-10-14-36(40)44-26-32(5)22-18-29(2)17-21-31(4)25-43-8/h29-34H,9-28H2,1-8H3/t29-,30+,31+,32-,33-,34+/m1/s1. The third-order valence-electron chi connectivity index (χ3n) is 8.89. The van der Waals surface area contributed by atoms with E-state index in [0.717, 1.165) is 45.1 Å². The number of unbranched alkanes of at least 4 members (excludes halogenated alkanes) is 1. The van der Waals surface area contributed by atoms with E-state index in [0.29, 0.717) is 107 Å². The van der Waals surface area contributed by atoms with Crippen molar-refractivity contribution in [1.29, 1.82) is 0 Å². The lowest BCUT2D eigenvalue weighted by atomic mass is 9.92. The second-order valence-corrected chi connectivity index (χ2v) is 14.4. The number of esters is 3. The van der Waals surface area contributed by atoms with E-state index in [4.69, 9.17) is 18.9 Å². The topological polar surface area (TPSA) is 105 Å². The maximum Gasteiger partial charge on any atom is 0.305 e. The second-order valence-electron chi connectivity index (χ2n) is 14.4. The largest absolute Gasteiger partial charge is 0.465 e. The molecule has 0 saturated carbocycles. The molecule has 0 unspecified atom stereocenters. The molecule has 8 heteroatoms. The third-order valence-corrected chi connectivity index (χ3v) is 8.89. The third kappa shape index (κ3) is 27.2. The van der Waals surface area contributed by atoms with E-state index in [9.17, 15) is 19.2 Å². The molecule has 6 atom stereocenters. The van der Waals surface area contributed by atoms with E-state index >= 15 is 0 Å². The molecule has 0 aliphatic carbocycles. The SMILES string of the molecule is CCC(=O)CCCC(=O)OC[C@@H](C)CC[C@@H](C)CC[C@@H](C)COC(=O)CCCCC(=O)OC[C@H](C)CC[C@H](C)CC[C@H](C)COC. The highest BCUT2D eigenvalue weighted by atomic mass is 16.5. The van der Waals surface area contributed by atoms with Gasteiger partial charge in [-0.2, -0.15) is 0 Å². The molecule has 0 aromatic carbocycles. The number of carbonyl (C=O) groups is 4. The maximum atomic E-state index is 12.2. The number of ketones is 1. The van der Waals surface area contributed by atoms with Crippen LogP contribution in [0, 0.1) is 35.5 Å². The van der Waals surface area contributed by atoms with Gasteiger partial charge in [0, 0.05) is 45.8 Å². The molecular formula is C38H70O8. The summed E-state index contributed by atoms with van der Waals surface area (Å²) < 4.78 is 21.5. The Morgan fingerprint density at radius 1 is 0.435 bits per heavy atom. The summed E-state index contributed by atoms with van der Waals surface area (Å²) in [5.74, 6) is 2.33. The van der Waals surface area contributed by atoms with Crippen LogP contribution in [0.15, 0.2) is 0 Å². The number of carbonyl (C=O) groups excluding carboxylic acids is 4. The summed E-state index contributed by atoms with van der Waals surface area (Å²) in [6.07, 6.45) is 12.4. The Labute approximate surface area is 281 Å². The molecular weight excluding hydrogens is 584 g/mol. The predicted octanol–water partition coefficient (Wildman–Crippen LogP) is 8.91. The van der Waals surface area contributed by atoms with Gasteiger partial charge in [0.05, 0.1) is 19.8 Å². The zero-order chi connectivity index (χ0) is 34.7. The van der Waals surface area contributed by atoms with E-state index in [1.165, 1.54) is 12.8 Å². The summed E-state index contributed by atoms with van der Waals surface area (Å²) in [7, 11) is 1.75. The summed E-state index contributed by atoms with van der Waals surface area (Å²) in [6.45, 7) is 17.1. The fourth-order valence-corrected chi connectivity index (χ4v) is 5.25. The Bertz CT molecular complexity index is 813. The quantitative estimate of drug-likeness (QED) is 0.0430. The van der Waals surface area contributed by atoms with Crippen LogP contribution < -0.4 is 0 Å². The monoisotopic (exact) mass is 655 g/mol. The van der Waals surface area contributed by atoms with Gasteiger partial charge in [0.15, 0.2) is 0 Å². The molecule has 46 heavy (non-hydrogen) atoms. The first-order valence-electron chi connectivity index (χ1n) is 18.3. The maximum absolute atomic E-state index is 12.2. The molecule has 0 fully saturated rings. The Hall–Kier alpha value is -1.96. The predicted molar refractivity (Wildman–Crippen MR) is 184 cm³/mol. The molecule has 0 aromatic heterocycles. The highest BCUT2D eigenvalue weighted by Gasteiger charge is 2.15. The minimum absolute atomic E-state index is 0.184. The van der Waals surface area contributed by atoms with Crippen LogP contribution in [0.1, 0.15) is 151 Å². The average Bonchev–Trinajstić information content (AvgIpc) is 3.03. The summed E-state index contributed by atoms with van der Waals surface area (Å²) >= 11 is 0. The molecule has 0 heterocycles. The van der Waals surface area contributed by atoms with E-state index in [2.05, 4.69) is 41.5 Å². The van der Waals surface area contributed by atoms with E-state index in [-0.39, 0.29) is 23.7 Å². The van der Waals surface area contributed by atoms with Gasteiger partial charge >= 0.3 is 17.9 Å². The molecule has 0 aliphatic rings. The molecule has 0 rings (SSSR count). The average molecular weight is 655 g/mol. The minimum atomic E-state index is -0.217. The normalized spacial score (nSPS) is 15.3. The Morgan fingerprint density at radius 2 is 0.739 bits per heavy atom. The van der Waals surface area contributed by atoms with Gasteiger partial charge in [-0.15, -0.1) is 0 Å². The Morgan fingerprint density at radius 3 is 1.07 bits per heavy atom. The molecule has 270 valence electrons. The van der Waals surface area contributed by atoms with E-state index in [1.807, 2.05) is 6.92 Å². The van der Waals surface area contributed by atoms with Gasteiger partial charge in [0.25, 0.3) is 0 Å². The van der Waals surface area contributed by atoms with Crippen LogP contribution in [-0.2, 0) is 38.1 Å². The van der Waals surface area contributed by atoms with E-state index in [1.54, 1.807) is 7.11 Å². The summed E-state index contributed by atoms with van der Waals surface area (Å²) in [5.41, 5.74) is 0. The zero-order valence-electron chi connectivity index (χ0n) is 30.9. The van der Waals surface area contributed by atoms with Crippen LogP contribution in [0.5, 0.6) is 0 Å². The van der Waals surface area contributed by atoms with Crippen LogP contribution in [0.4, 0.5) is 0 Å². The first-order chi connectivity index (χ1) is 21.9. The van der Waals surface area contributed by atoms with Crippen molar-refractivity contribution in [1.82, 2.24) is 0 Å². The van der Waals surface area contributed by atoms with Gasteiger partial charge < -0.3 is 18.9 Å². The van der Waals surface area contributed by atoms with Gasteiger partial charge in [0.1, 0.15) is 5.78 Å². The molecule has 0 aromatic rings. The highest BCUT2D eigenvalue weighted by Crippen LogP contribution is 2.21. The fraction of sp³-hybridized carbons (Fsp3) is 0.895. The van der Waals surface area contributed by atoms with Crippen LogP contribution in [-0.4, -0.2) is 57.2 Å². The molecule has 0 spiro atoms.